The molecule has 0 radical (unpaired) electrons. The van der Waals surface area contributed by atoms with E-state index in [0.717, 1.165) is 32.0 Å². The third-order valence-electron chi connectivity index (χ3n) is 5.95. The van der Waals surface area contributed by atoms with Crippen LogP contribution in [0.2, 0.25) is 0 Å². The van der Waals surface area contributed by atoms with Gasteiger partial charge in [-0.3, -0.25) is 4.79 Å². The van der Waals surface area contributed by atoms with Gasteiger partial charge in [0.1, 0.15) is 0 Å². The molecule has 0 aromatic carbocycles. The molecular weight excluding hydrogens is 248 g/mol. The Kier molecular flexibility index (Phi) is 4.65. The average Bonchev–Trinajstić information content (AvgIpc) is 2.96. The molecule has 4 atom stereocenters. The summed E-state index contributed by atoms with van der Waals surface area (Å²) >= 11 is 0. The first-order valence-corrected chi connectivity index (χ1v) is 8.76. The fraction of sp³-hybridized carbons (Fsp3) is 0.941. The number of amides is 1. The molecule has 1 N–H and O–H groups in total. The zero-order valence-electron chi connectivity index (χ0n) is 12.9. The Bertz CT molecular complexity index is 338. The van der Waals surface area contributed by atoms with Gasteiger partial charge < -0.3 is 10.2 Å². The number of hydrogen-bond acceptors (Lipinski definition) is 2. The van der Waals surface area contributed by atoms with E-state index in [2.05, 4.69) is 17.1 Å². The van der Waals surface area contributed by atoms with Gasteiger partial charge in [-0.25, -0.2) is 0 Å². The number of carbonyl (C=O) groups is 1. The Morgan fingerprint density at radius 1 is 1.20 bits per heavy atom. The zero-order valence-corrected chi connectivity index (χ0v) is 12.9. The van der Waals surface area contributed by atoms with E-state index in [1.807, 2.05) is 0 Å². The van der Waals surface area contributed by atoms with Gasteiger partial charge in [0.25, 0.3) is 0 Å². The first-order valence-electron chi connectivity index (χ1n) is 8.76. The van der Waals surface area contributed by atoms with E-state index < -0.39 is 0 Å². The second kappa shape index (κ2) is 6.46. The van der Waals surface area contributed by atoms with Crippen LogP contribution in [0.25, 0.3) is 0 Å². The van der Waals surface area contributed by atoms with Crippen LogP contribution >= 0.6 is 0 Å². The fourth-order valence-electron chi connectivity index (χ4n) is 4.69. The largest absolute Gasteiger partial charge is 0.339 e. The van der Waals surface area contributed by atoms with Crippen LogP contribution in [-0.2, 0) is 4.79 Å². The summed E-state index contributed by atoms with van der Waals surface area (Å²) in [6, 6.07) is 0.591. The molecule has 2 aliphatic heterocycles. The molecule has 0 spiro atoms. The van der Waals surface area contributed by atoms with Gasteiger partial charge in [0.15, 0.2) is 0 Å². The number of likely N-dealkylation sites (tertiary alicyclic amines) is 1. The maximum atomic E-state index is 12.7. The van der Waals surface area contributed by atoms with Crippen molar-refractivity contribution in [1.82, 2.24) is 10.2 Å². The Balaban J connectivity index is 1.55. The molecule has 0 aromatic rings. The van der Waals surface area contributed by atoms with E-state index in [9.17, 15) is 4.79 Å². The molecule has 3 aliphatic rings. The summed E-state index contributed by atoms with van der Waals surface area (Å²) in [5.74, 6) is 2.51. The van der Waals surface area contributed by atoms with Gasteiger partial charge in [0, 0.05) is 19.0 Å². The van der Waals surface area contributed by atoms with Gasteiger partial charge in [0.05, 0.1) is 0 Å². The van der Waals surface area contributed by atoms with Crippen LogP contribution in [0.4, 0.5) is 0 Å². The highest BCUT2D eigenvalue weighted by atomic mass is 16.2. The summed E-state index contributed by atoms with van der Waals surface area (Å²) in [5.41, 5.74) is 0. The van der Waals surface area contributed by atoms with Gasteiger partial charge >= 0.3 is 0 Å². The van der Waals surface area contributed by atoms with Crippen molar-refractivity contribution in [2.24, 2.45) is 17.8 Å². The minimum Gasteiger partial charge on any atom is -0.339 e. The third-order valence-corrected chi connectivity index (χ3v) is 5.95. The lowest BCUT2D eigenvalue weighted by atomic mass is 9.84. The molecule has 3 heteroatoms. The molecule has 20 heavy (non-hydrogen) atoms. The Morgan fingerprint density at radius 2 is 2.05 bits per heavy atom. The lowest BCUT2D eigenvalue weighted by Gasteiger charge is -2.39. The molecule has 2 heterocycles. The molecule has 114 valence electrons. The quantitative estimate of drug-likeness (QED) is 0.861. The van der Waals surface area contributed by atoms with E-state index in [-0.39, 0.29) is 0 Å². The van der Waals surface area contributed by atoms with E-state index in [1.165, 1.54) is 44.9 Å². The summed E-state index contributed by atoms with van der Waals surface area (Å²) in [7, 11) is 0. The first-order chi connectivity index (χ1) is 9.75. The number of rotatable bonds is 3. The van der Waals surface area contributed by atoms with E-state index in [1.54, 1.807) is 0 Å². The van der Waals surface area contributed by atoms with Crippen LogP contribution in [0, 0.1) is 17.8 Å². The number of fused-ring (bicyclic) bond motifs is 1. The Hall–Kier alpha value is -0.570. The van der Waals surface area contributed by atoms with Gasteiger partial charge in [-0.05, 0) is 69.4 Å². The fourth-order valence-corrected chi connectivity index (χ4v) is 4.69. The van der Waals surface area contributed by atoms with Crippen molar-refractivity contribution in [3.8, 4) is 0 Å². The predicted octanol–water partition coefficient (Wildman–Crippen LogP) is 2.80. The van der Waals surface area contributed by atoms with E-state index in [0.29, 0.717) is 23.8 Å². The predicted molar refractivity (Wildman–Crippen MR) is 81.5 cm³/mol. The van der Waals surface area contributed by atoms with Crippen molar-refractivity contribution >= 4 is 5.91 Å². The number of carbonyl (C=O) groups excluding carboxylic acids is 1. The molecule has 1 aliphatic carbocycles. The minimum absolute atomic E-state index is 0.444. The summed E-state index contributed by atoms with van der Waals surface area (Å²) in [6.45, 7) is 5.58. The normalized spacial score (nSPS) is 35.6. The van der Waals surface area contributed by atoms with Crippen molar-refractivity contribution in [2.45, 2.75) is 64.3 Å². The highest BCUT2D eigenvalue weighted by Gasteiger charge is 2.37. The zero-order chi connectivity index (χ0) is 13.9. The highest BCUT2D eigenvalue weighted by molar-refractivity contribution is 5.77. The topological polar surface area (TPSA) is 32.3 Å². The second-order valence-electron chi connectivity index (χ2n) is 7.28. The maximum absolute atomic E-state index is 12.7. The molecule has 2 saturated heterocycles. The third kappa shape index (κ3) is 3.03. The van der Waals surface area contributed by atoms with Crippen molar-refractivity contribution < 1.29 is 4.79 Å². The standard InChI is InChI=1S/C17H30N2O/c1-13(15-6-3-9-18-12-15)11-17(20)19-10-4-7-14-5-2-8-16(14)19/h13-16,18H,2-12H2,1H3. The molecule has 1 amide bonds. The highest BCUT2D eigenvalue weighted by Crippen LogP contribution is 2.37. The molecule has 3 rings (SSSR count). The number of nitrogens with one attached hydrogen (secondary N) is 1. The van der Waals surface area contributed by atoms with Gasteiger partial charge in [-0.1, -0.05) is 13.3 Å². The molecule has 0 aromatic heterocycles. The molecule has 3 fully saturated rings. The van der Waals surface area contributed by atoms with Crippen molar-refractivity contribution in [3.05, 3.63) is 0 Å². The Morgan fingerprint density at radius 3 is 2.85 bits per heavy atom. The summed E-state index contributed by atoms with van der Waals surface area (Å²) in [6.07, 6.45) is 9.89. The summed E-state index contributed by atoms with van der Waals surface area (Å²) in [4.78, 5) is 15.0. The van der Waals surface area contributed by atoms with Crippen LogP contribution < -0.4 is 5.32 Å². The van der Waals surface area contributed by atoms with Crippen molar-refractivity contribution in [2.75, 3.05) is 19.6 Å². The minimum atomic E-state index is 0.444. The van der Waals surface area contributed by atoms with Gasteiger partial charge in [-0.15, -0.1) is 0 Å². The molecule has 3 nitrogen and oxygen atoms in total. The molecular formula is C17H30N2O. The number of piperidine rings is 2. The number of nitrogens with zero attached hydrogens (tertiary/aromatic N) is 1. The van der Waals surface area contributed by atoms with Crippen LogP contribution in [0.3, 0.4) is 0 Å². The van der Waals surface area contributed by atoms with E-state index in [4.69, 9.17) is 0 Å². The summed E-state index contributed by atoms with van der Waals surface area (Å²) < 4.78 is 0. The Labute approximate surface area is 123 Å². The van der Waals surface area contributed by atoms with E-state index >= 15 is 0 Å². The van der Waals surface area contributed by atoms with Crippen molar-refractivity contribution in [3.63, 3.8) is 0 Å². The average molecular weight is 278 g/mol. The molecule has 0 bridgehead atoms. The lowest BCUT2D eigenvalue weighted by molar-refractivity contribution is -0.137. The molecule has 4 unspecified atom stereocenters. The van der Waals surface area contributed by atoms with Crippen LogP contribution in [0.1, 0.15) is 58.3 Å². The van der Waals surface area contributed by atoms with Crippen molar-refractivity contribution in [1.29, 1.82) is 0 Å². The second-order valence-corrected chi connectivity index (χ2v) is 7.28. The number of hydrogen-bond donors (Lipinski definition) is 1. The lowest BCUT2D eigenvalue weighted by Crippen LogP contribution is -2.47. The first kappa shape index (κ1) is 14.4. The van der Waals surface area contributed by atoms with Crippen LogP contribution in [-0.4, -0.2) is 36.5 Å². The van der Waals surface area contributed by atoms with Gasteiger partial charge in [-0.2, -0.15) is 0 Å². The smallest absolute Gasteiger partial charge is 0.223 e. The van der Waals surface area contributed by atoms with Gasteiger partial charge in [0.2, 0.25) is 5.91 Å². The van der Waals surface area contributed by atoms with Crippen LogP contribution in [0.5, 0.6) is 0 Å². The SMILES string of the molecule is CC(CC(=O)N1CCCC2CCCC21)C1CCCNC1. The maximum Gasteiger partial charge on any atom is 0.223 e. The molecule has 1 saturated carbocycles. The summed E-state index contributed by atoms with van der Waals surface area (Å²) in [5, 5.41) is 3.48. The monoisotopic (exact) mass is 278 g/mol. The van der Waals surface area contributed by atoms with Crippen LogP contribution in [0.15, 0.2) is 0 Å².